The zero-order valence-corrected chi connectivity index (χ0v) is 18.9. The lowest BCUT2D eigenvalue weighted by atomic mass is 9.89. The van der Waals surface area contributed by atoms with Crippen molar-refractivity contribution < 1.29 is 23.5 Å². The summed E-state index contributed by atoms with van der Waals surface area (Å²) >= 11 is 0. The van der Waals surface area contributed by atoms with E-state index in [-0.39, 0.29) is 6.42 Å². The largest absolute Gasteiger partial charge is 0.467 e. The summed E-state index contributed by atoms with van der Waals surface area (Å²) in [4.78, 5) is 38.1. The van der Waals surface area contributed by atoms with E-state index in [9.17, 15) is 18.8 Å². The highest BCUT2D eigenvalue weighted by atomic mass is 19.1. The summed E-state index contributed by atoms with van der Waals surface area (Å²) in [6.07, 6.45) is 0.136. The first-order valence-electron chi connectivity index (χ1n) is 11.0. The molecule has 0 saturated heterocycles. The van der Waals surface area contributed by atoms with Crippen molar-refractivity contribution in [3.05, 3.63) is 95.3 Å². The Kier molecular flexibility index (Phi) is 6.72. The van der Waals surface area contributed by atoms with Crippen molar-refractivity contribution in [1.29, 1.82) is 0 Å². The molecule has 2 atom stereocenters. The van der Waals surface area contributed by atoms with E-state index in [0.717, 1.165) is 22.3 Å². The van der Waals surface area contributed by atoms with Crippen LogP contribution < -0.4 is 10.6 Å². The Hall–Kier alpha value is -4.00. The van der Waals surface area contributed by atoms with E-state index in [2.05, 4.69) is 10.6 Å². The molecule has 0 radical (unpaired) electrons. The lowest BCUT2D eigenvalue weighted by molar-refractivity contribution is -0.145. The second-order valence-electron chi connectivity index (χ2n) is 8.25. The minimum Gasteiger partial charge on any atom is -0.467 e. The van der Waals surface area contributed by atoms with Gasteiger partial charge in [-0.25, -0.2) is 9.18 Å². The van der Waals surface area contributed by atoms with Gasteiger partial charge in [-0.05, 0) is 39.9 Å². The number of methoxy groups -OCH3 is 1. The van der Waals surface area contributed by atoms with Gasteiger partial charge in [0.1, 0.15) is 17.9 Å². The topological polar surface area (TPSA) is 84.5 Å². The summed E-state index contributed by atoms with van der Waals surface area (Å²) in [5, 5.41) is 5.46. The van der Waals surface area contributed by atoms with Crippen molar-refractivity contribution in [2.45, 2.75) is 31.3 Å². The van der Waals surface area contributed by atoms with Crippen molar-refractivity contribution in [2.24, 2.45) is 0 Å². The second-order valence-corrected chi connectivity index (χ2v) is 8.25. The van der Waals surface area contributed by atoms with Crippen LogP contribution in [-0.4, -0.2) is 37.0 Å². The summed E-state index contributed by atoms with van der Waals surface area (Å²) in [6.45, 7) is 1.31. The van der Waals surface area contributed by atoms with Crippen molar-refractivity contribution in [3.63, 3.8) is 0 Å². The van der Waals surface area contributed by atoms with E-state index in [1.807, 2.05) is 48.5 Å². The van der Waals surface area contributed by atoms with Gasteiger partial charge in [0.05, 0.1) is 7.11 Å². The van der Waals surface area contributed by atoms with Crippen LogP contribution in [0.25, 0.3) is 11.1 Å². The molecule has 0 fully saturated rings. The quantitative estimate of drug-likeness (QED) is 0.530. The molecule has 6 nitrogen and oxygen atoms in total. The molecule has 3 aromatic carbocycles. The third kappa shape index (κ3) is 4.69. The molecule has 7 heteroatoms. The predicted molar refractivity (Wildman–Crippen MR) is 125 cm³/mol. The number of halogens is 1. The highest BCUT2D eigenvalue weighted by molar-refractivity contribution is 5.92. The summed E-state index contributed by atoms with van der Waals surface area (Å²) < 4.78 is 18.4. The molecule has 0 bridgehead atoms. The average molecular weight is 461 g/mol. The van der Waals surface area contributed by atoms with Crippen LogP contribution in [0.5, 0.6) is 0 Å². The predicted octanol–water partition coefficient (Wildman–Crippen LogP) is 3.34. The maximum atomic E-state index is 13.4. The number of hydrogen-bond donors (Lipinski definition) is 2. The zero-order chi connectivity index (χ0) is 24.2. The standard InChI is InChI=1S/C27H25FN2O4/c1-16(31)29-23(15-17-11-13-18(28)14-12-17)26(32)30-25(27(33)34-2)24-21-9-5-3-7-19(21)20-8-4-6-10-22(20)24/h3-14,23-25H,15H2,1-2H3,(H,29,31)(H,30,32)/t23-,25+/m0/s1. The summed E-state index contributed by atoms with van der Waals surface area (Å²) in [5.41, 5.74) is 4.48. The molecular formula is C27H25FN2O4. The van der Waals surface area contributed by atoms with Crippen molar-refractivity contribution in [2.75, 3.05) is 7.11 Å². The van der Waals surface area contributed by atoms with Crippen molar-refractivity contribution >= 4 is 17.8 Å². The third-order valence-corrected chi connectivity index (χ3v) is 6.02. The zero-order valence-electron chi connectivity index (χ0n) is 18.9. The van der Waals surface area contributed by atoms with E-state index in [1.165, 1.54) is 26.2 Å². The molecule has 2 amide bonds. The number of carbonyl (C=O) groups excluding carboxylic acids is 3. The highest BCUT2D eigenvalue weighted by Gasteiger charge is 2.40. The molecule has 4 rings (SSSR count). The molecular weight excluding hydrogens is 435 g/mol. The van der Waals surface area contributed by atoms with Gasteiger partial charge in [-0.3, -0.25) is 9.59 Å². The molecule has 0 saturated carbocycles. The van der Waals surface area contributed by atoms with Crippen molar-refractivity contribution in [3.8, 4) is 11.1 Å². The summed E-state index contributed by atoms with van der Waals surface area (Å²) in [5.74, 6) is -2.36. The lowest BCUT2D eigenvalue weighted by Gasteiger charge is -2.27. The van der Waals surface area contributed by atoms with Crippen LogP contribution in [0, 0.1) is 5.82 Å². The van der Waals surface area contributed by atoms with E-state index in [1.54, 1.807) is 12.1 Å². The Bertz CT molecular complexity index is 1180. The normalized spacial score (nSPS) is 13.9. The highest BCUT2D eigenvalue weighted by Crippen LogP contribution is 2.46. The number of rotatable bonds is 7. The number of hydrogen-bond acceptors (Lipinski definition) is 4. The maximum absolute atomic E-state index is 13.4. The summed E-state index contributed by atoms with van der Waals surface area (Å²) in [6, 6.07) is 19.2. The van der Waals surface area contributed by atoms with E-state index in [4.69, 9.17) is 4.74 Å². The molecule has 0 aliphatic heterocycles. The Labute approximate surface area is 197 Å². The van der Waals surface area contributed by atoms with Crippen LogP contribution in [-0.2, 0) is 25.5 Å². The van der Waals surface area contributed by atoms with Gasteiger partial charge in [0.15, 0.2) is 0 Å². The average Bonchev–Trinajstić information content (AvgIpc) is 3.17. The van der Waals surface area contributed by atoms with Gasteiger partial charge in [-0.2, -0.15) is 0 Å². The van der Waals surface area contributed by atoms with Gasteiger partial charge in [0, 0.05) is 19.3 Å². The first kappa shape index (κ1) is 23.2. The molecule has 2 N–H and O–H groups in total. The third-order valence-electron chi connectivity index (χ3n) is 6.02. The Morgan fingerprint density at radius 1 is 0.882 bits per heavy atom. The second kappa shape index (κ2) is 9.87. The van der Waals surface area contributed by atoms with Gasteiger partial charge in [-0.15, -0.1) is 0 Å². The monoisotopic (exact) mass is 460 g/mol. The number of carbonyl (C=O) groups is 3. The van der Waals surface area contributed by atoms with Gasteiger partial charge >= 0.3 is 5.97 Å². The number of amides is 2. The number of benzene rings is 3. The molecule has 34 heavy (non-hydrogen) atoms. The van der Waals surface area contributed by atoms with Crippen LogP contribution >= 0.6 is 0 Å². The smallest absolute Gasteiger partial charge is 0.329 e. The summed E-state index contributed by atoms with van der Waals surface area (Å²) in [7, 11) is 1.28. The first-order chi connectivity index (χ1) is 16.4. The molecule has 0 heterocycles. The SMILES string of the molecule is COC(=O)[C@H](NC(=O)[C@H](Cc1ccc(F)cc1)NC(C)=O)C1c2ccccc2-c2ccccc21. The van der Waals surface area contributed by atoms with Gasteiger partial charge in [0.25, 0.3) is 0 Å². The van der Waals surface area contributed by atoms with Gasteiger partial charge in [0.2, 0.25) is 11.8 Å². The molecule has 0 aromatic heterocycles. The number of esters is 1. The molecule has 0 unspecified atom stereocenters. The van der Waals surface area contributed by atoms with E-state index >= 15 is 0 Å². The minimum absolute atomic E-state index is 0.136. The Morgan fingerprint density at radius 2 is 1.44 bits per heavy atom. The maximum Gasteiger partial charge on any atom is 0.329 e. The Morgan fingerprint density at radius 3 is 1.97 bits per heavy atom. The molecule has 0 spiro atoms. The fourth-order valence-electron chi connectivity index (χ4n) is 4.52. The van der Waals surface area contributed by atoms with Crippen molar-refractivity contribution in [1.82, 2.24) is 10.6 Å². The minimum atomic E-state index is -1.01. The van der Waals surface area contributed by atoms with E-state index < -0.39 is 41.6 Å². The van der Waals surface area contributed by atoms with Crippen LogP contribution in [0.15, 0.2) is 72.8 Å². The number of ether oxygens (including phenoxy) is 1. The molecule has 3 aromatic rings. The van der Waals surface area contributed by atoms with Gasteiger partial charge < -0.3 is 15.4 Å². The lowest BCUT2D eigenvalue weighted by Crippen LogP contribution is -2.54. The fourth-order valence-corrected chi connectivity index (χ4v) is 4.52. The fraction of sp³-hybridized carbons (Fsp3) is 0.222. The number of nitrogens with one attached hydrogen (secondary N) is 2. The van der Waals surface area contributed by atoms with Crippen LogP contribution in [0.1, 0.15) is 29.5 Å². The molecule has 1 aliphatic rings. The van der Waals surface area contributed by atoms with Crippen LogP contribution in [0.2, 0.25) is 0 Å². The van der Waals surface area contributed by atoms with Crippen LogP contribution in [0.4, 0.5) is 4.39 Å². The van der Waals surface area contributed by atoms with E-state index in [0.29, 0.717) is 5.56 Å². The van der Waals surface area contributed by atoms with Crippen LogP contribution in [0.3, 0.4) is 0 Å². The number of fused-ring (bicyclic) bond motifs is 3. The molecule has 174 valence electrons. The molecule has 1 aliphatic carbocycles. The first-order valence-corrected chi connectivity index (χ1v) is 11.0. The van der Waals surface area contributed by atoms with Gasteiger partial charge in [-0.1, -0.05) is 60.7 Å². The Balaban J connectivity index is 1.66.